The molecule has 0 aromatic heterocycles. The van der Waals surface area contributed by atoms with Gasteiger partial charge in [0.15, 0.2) is 0 Å². The number of fused-ring (bicyclic) bond motifs is 1. The molecule has 0 spiro atoms. The van der Waals surface area contributed by atoms with Crippen LogP contribution in [0.2, 0.25) is 0 Å². The molecule has 2 aliphatic carbocycles. The Morgan fingerprint density at radius 3 is 2.65 bits per heavy atom. The molecular formula is C20H32. The van der Waals surface area contributed by atoms with E-state index in [1.165, 1.54) is 49.7 Å². The lowest BCUT2D eigenvalue weighted by molar-refractivity contribution is -0.0538. The Kier molecular flexibility index (Phi) is 4.33. The van der Waals surface area contributed by atoms with E-state index in [1.54, 1.807) is 0 Å². The summed E-state index contributed by atoms with van der Waals surface area (Å²) < 4.78 is 0. The van der Waals surface area contributed by atoms with E-state index in [-0.39, 0.29) is 0 Å². The lowest BCUT2D eigenvalue weighted by atomic mass is 9.47. The second-order valence-electron chi connectivity index (χ2n) is 8.05. The van der Waals surface area contributed by atoms with Crippen LogP contribution < -0.4 is 0 Å². The minimum absolute atomic E-state index is 0.457. The smallest absolute Gasteiger partial charge is 0.0146 e. The molecule has 0 bridgehead atoms. The normalized spacial score (nSPS) is 36.2. The minimum Gasteiger partial charge on any atom is -0.0996 e. The molecule has 2 saturated carbocycles. The van der Waals surface area contributed by atoms with E-state index in [0.717, 1.165) is 12.3 Å². The van der Waals surface area contributed by atoms with Crippen LogP contribution in [0.5, 0.6) is 0 Å². The first-order valence-corrected chi connectivity index (χ1v) is 8.29. The van der Waals surface area contributed by atoms with Gasteiger partial charge in [-0.15, -0.1) is 0 Å². The molecule has 0 nitrogen and oxygen atoms in total. The van der Waals surface area contributed by atoms with Crippen LogP contribution in [0.3, 0.4) is 0 Å². The summed E-state index contributed by atoms with van der Waals surface area (Å²) in [6.45, 7) is 19.9. The molecule has 0 aromatic rings. The van der Waals surface area contributed by atoms with Gasteiger partial charge in [-0.25, -0.2) is 0 Å². The summed E-state index contributed by atoms with van der Waals surface area (Å²) in [5.74, 6) is 1.54. The van der Waals surface area contributed by atoms with E-state index < -0.39 is 0 Å². The highest BCUT2D eigenvalue weighted by atomic mass is 14.6. The molecule has 0 aromatic carbocycles. The zero-order valence-corrected chi connectivity index (χ0v) is 13.8. The van der Waals surface area contributed by atoms with Crippen molar-refractivity contribution >= 4 is 0 Å². The topological polar surface area (TPSA) is 0 Å². The molecule has 20 heavy (non-hydrogen) atoms. The van der Waals surface area contributed by atoms with Crippen molar-refractivity contribution in [3.63, 3.8) is 0 Å². The van der Waals surface area contributed by atoms with Crippen molar-refractivity contribution in [3.8, 4) is 0 Å². The highest BCUT2D eigenvalue weighted by Crippen LogP contribution is 2.61. The summed E-state index contributed by atoms with van der Waals surface area (Å²) >= 11 is 0. The maximum Gasteiger partial charge on any atom is -0.0146 e. The summed E-state index contributed by atoms with van der Waals surface area (Å²) in [5, 5.41) is 0. The first kappa shape index (κ1) is 15.6. The van der Waals surface area contributed by atoms with E-state index in [4.69, 9.17) is 0 Å². The monoisotopic (exact) mass is 272 g/mol. The van der Waals surface area contributed by atoms with Gasteiger partial charge in [-0.2, -0.15) is 0 Å². The quantitative estimate of drug-likeness (QED) is 0.415. The van der Waals surface area contributed by atoms with Crippen LogP contribution in [-0.2, 0) is 0 Å². The Morgan fingerprint density at radius 1 is 1.30 bits per heavy atom. The zero-order valence-electron chi connectivity index (χ0n) is 13.8. The van der Waals surface area contributed by atoms with Crippen molar-refractivity contribution in [1.29, 1.82) is 0 Å². The van der Waals surface area contributed by atoms with Gasteiger partial charge in [-0.1, -0.05) is 64.2 Å². The molecule has 112 valence electrons. The predicted molar refractivity (Wildman–Crippen MR) is 89.7 cm³/mol. The first-order valence-electron chi connectivity index (χ1n) is 8.29. The zero-order chi connectivity index (χ0) is 15.0. The summed E-state index contributed by atoms with van der Waals surface area (Å²) in [6, 6.07) is 0. The van der Waals surface area contributed by atoms with Crippen LogP contribution in [0.15, 0.2) is 37.0 Å². The van der Waals surface area contributed by atoms with Crippen molar-refractivity contribution in [1.82, 2.24) is 0 Å². The molecule has 0 saturated heterocycles. The van der Waals surface area contributed by atoms with Gasteiger partial charge in [0.25, 0.3) is 0 Å². The predicted octanol–water partition coefficient (Wildman–Crippen LogP) is 6.31. The van der Waals surface area contributed by atoms with E-state index in [1.807, 2.05) is 6.08 Å². The molecule has 2 fully saturated rings. The van der Waals surface area contributed by atoms with Crippen molar-refractivity contribution < 1.29 is 0 Å². The third kappa shape index (κ3) is 2.67. The van der Waals surface area contributed by atoms with Gasteiger partial charge in [-0.05, 0) is 61.2 Å². The molecule has 0 N–H and O–H groups in total. The molecule has 2 rings (SSSR count). The van der Waals surface area contributed by atoms with Gasteiger partial charge in [-0.3, -0.25) is 0 Å². The summed E-state index contributed by atoms with van der Waals surface area (Å²) in [6.07, 6.45) is 10.9. The molecule has 0 aliphatic heterocycles. The summed E-state index contributed by atoms with van der Waals surface area (Å²) in [7, 11) is 0. The Labute approximate surface area is 126 Å². The van der Waals surface area contributed by atoms with E-state index in [9.17, 15) is 0 Å². The third-order valence-corrected chi connectivity index (χ3v) is 6.36. The lowest BCUT2D eigenvalue weighted by Gasteiger charge is -2.58. The fraction of sp³-hybridized carbons (Fsp3) is 0.700. The maximum atomic E-state index is 4.43. The average molecular weight is 272 g/mol. The third-order valence-electron chi connectivity index (χ3n) is 6.36. The Bertz CT molecular complexity index is 412. The van der Waals surface area contributed by atoms with Gasteiger partial charge < -0.3 is 0 Å². The Hall–Kier alpha value is -0.780. The SMILES string of the molecule is C=CC(=C)CCC1C(=C)CC[C@H]2C(C)(C)CCC[C@]12C. The van der Waals surface area contributed by atoms with Crippen LogP contribution in [-0.4, -0.2) is 0 Å². The number of hydrogen-bond donors (Lipinski definition) is 0. The molecular weight excluding hydrogens is 240 g/mol. The van der Waals surface area contributed by atoms with Gasteiger partial charge in [0.05, 0.1) is 0 Å². The highest BCUT2D eigenvalue weighted by molar-refractivity contribution is 5.18. The van der Waals surface area contributed by atoms with Crippen LogP contribution in [0.4, 0.5) is 0 Å². The van der Waals surface area contributed by atoms with Gasteiger partial charge in [0, 0.05) is 0 Å². The minimum atomic E-state index is 0.457. The summed E-state index contributed by atoms with van der Waals surface area (Å²) in [5.41, 5.74) is 3.64. The first-order chi connectivity index (χ1) is 9.31. The summed E-state index contributed by atoms with van der Waals surface area (Å²) in [4.78, 5) is 0. The lowest BCUT2D eigenvalue weighted by Crippen LogP contribution is -2.49. The van der Waals surface area contributed by atoms with Crippen molar-refractivity contribution in [2.24, 2.45) is 22.7 Å². The molecule has 0 heteroatoms. The average Bonchev–Trinajstić information content (AvgIpc) is 2.36. The largest absolute Gasteiger partial charge is 0.0996 e. The second-order valence-corrected chi connectivity index (χ2v) is 8.05. The number of rotatable bonds is 4. The molecule has 0 radical (unpaired) electrons. The van der Waals surface area contributed by atoms with Crippen molar-refractivity contribution in [2.75, 3.05) is 0 Å². The van der Waals surface area contributed by atoms with Crippen LogP contribution in [0, 0.1) is 22.7 Å². The van der Waals surface area contributed by atoms with Gasteiger partial charge >= 0.3 is 0 Å². The Balaban J connectivity index is 2.22. The standard InChI is InChI=1S/C20H32/c1-7-15(2)9-11-17-16(3)10-12-18-19(4,5)13-8-14-20(17,18)6/h7,17-18H,1-3,8-14H2,4-6H3/t17?,18-,20+/m0/s1. The van der Waals surface area contributed by atoms with E-state index in [2.05, 4.69) is 40.5 Å². The molecule has 0 heterocycles. The Morgan fingerprint density at radius 2 is 2.00 bits per heavy atom. The van der Waals surface area contributed by atoms with Crippen LogP contribution >= 0.6 is 0 Å². The van der Waals surface area contributed by atoms with Crippen molar-refractivity contribution in [2.45, 2.75) is 65.7 Å². The van der Waals surface area contributed by atoms with Crippen LogP contribution in [0.1, 0.15) is 65.7 Å². The number of allylic oxidation sites excluding steroid dienone is 3. The fourth-order valence-electron chi connectivity index (χ4n) is 5.24. The fourth-order valence-corrected chi connectivity index (χ4v) is 5.24. The van der Waals surface area contributed by atoms with Crippen molar-refractivity contribution in [3.05, 3.63) is 37.0 Å². The van der Waals surface area contributed by atoms with Crippen LogP contribution in [0.25, 0.3) is 0 Å². The highest BCUT2D eigenvalue weighted by Gasteiger charge is 2.52. The molecule has 0 amide bonds. The molecule has 1 unspecified atom stereocenters. The second kappa shape index (κ2) is 5.54. The molecule has 2 aliphatic rings. The number of hydrogen-bond acceptors (Lipinski definition) is 0. The molecule has 3 atom stereocenters. The van der Waals surface area contributed by atoms with Gasteiger partial charge in [0.1, 0.15) is 0 Å². The van der Waals surface area contributed by atoms with Gasteiger partial charge in [0.2, 0.25) is 0 Å². The maximum absolute atomic E-state index is 4.43. The van der Waals surface area contributed by atoms with E-state index in [0.29, 0.717) is 16.7 Å². The van der Waals surface area contributed by atoms with E-state index >= 15 is 0 Å².